The predicted octanol–water partition coefficient (Wildman–Crippen LogP) is 1.90. The van der Waals surface area contributed by atoms with E-state index in [0.717, 1.165) is 11.1 Å². The van der Waals surface area contributed by atoms with E-state index in [9.17, 15) is 13.2 Å². The molecule has 0 aliphatic rings. The maximum atomic E-state index is 12.2. The van der Waals surface area contributed by atoms with Gasteiger partial charge in [0, 0.05) is 24.5 Å². The molecule has 1 amide bonds. The highest BCUT2D eigenvalue weighted by molar-refractivity contribution is 7.91. The fourth-order valence-corrected chi connectivity index (χ4v) is 3.80. The Labute approximate surface area is 136 Å². The highest BCUT2D eigenvalue weighted by Gasteiger charge is 2.20. The highest BCUT2D eigenvalue weighted by atomic mass is 32.2. The number of sulfone groups is 1. The van der Waals surface area contributed by atoms with Gasteiger partial charge in [0.15, 0.2) is 9.84 Å². The number of carbonyl (C=O) groups excluding carboxylic acids is 1. The molecule has 1 heterocycles. The Bertz CT molecular complexity index is 818. The number of nitrogens with zero attached hydrogens (tertiary/aromatic N) is 2. The molecule has 0 bridgehead atoms. The second kappa shape index (κ2) is 6.54. The molecule has 6 nitrogen and oxygen atoms in total. The summed E-state index contributed by atoms with van der Waals surface area (Å²) in [6.07, 6.45) is 1.66. The van der Waals surface area contributed by atoms with Gasteiger partial charge in [0.05, 0.1) is 11.4 Å². The van der Waals surface area contributed by atoms with E-state index in [1.54, 1.807) is 24.9 Å². The number of benzene rings is 1. The lowest BCUT2D eigenvalue weighted by molar-refractivity contribution is -0.113. The largest absolute Gasteiger partial charge is 0.325 e. The number of hydrogen-bond acceptors (Lipinski definition) is 4. The first kappa shape index (κ1) is 17.2. The van der Waals surface area contributed by atoms with Crippen molar-refractivity contribution in [2.45, 2.75) is 26.5 Å². The van der Waals surface area contributed by atoms with Crippen molar-refractivity contribution in [3.63, 3.8) is 0 Å². The third kappa shape index (κ3) is 4.41. The molecule has 0 radical (unpaired) electrons. The molecule has 1 aromatic carbocycles. The van der Waals surface area contributed by atoms with Crippen molar-refractivity contribution in [2.75, 3.05) is 11.1 Å². The van der Waals surface area contributed by atoms with Crippen LogP contribution in [0.1, 0.15) is 22.4 Å². The Hall–Kier alpha value is -2.15. The topological polar surface area (TPSA) is 81.1 Å². The van der Waals surface area contributed by atoms with Crippen molar-refractivity contribution in [1.82, 2.24) is 9.78 Å². The van der Waals surface area contributed by atoms with Crippen LogP contribution in [-0.4, -0.2) is 29.9 Å². The van der Waals surface area contributed by atoms with Crippen molar-refractivity contribution in [1.29, 1.82) is 0 Å². The number of hydrogen-bond donors (Lipinski definition) is 1. The third-order valence-corrected chi connectivity index (χ3v) is 5.04. The summed E-state index contributed by atoms with van der Waals surface area (Å²) in [6.45, 7) is 5.49. The molecular weight excluding hydrogens is 314 g/mol. The van der Waals surface area contributed by atoms with E-state index in [1.807, 2.05) is 32.0 Å². The SMILES string of the molecule is Cc1cccc(C)c1NC(=O)CS(=O)(=O)Cc1cn(C)nc1C. The molecule has 124 valence electrons. The zero-order valence-corrected chi connectivity index (χ0v) is 14.6. The number of aryl methyl sites for hydroxylation is 4. The van der Waals surface area contributed by atoms with E-state index in [2.05, 4.69) is 10.4 Å². The normalized spacial score (nSPS) is 11.5. The first-order chi connectivity index (χ1) is 10.7. The molecule has 0 unspecified atom stereocenters. The summed E-state index contributed by atoms with van der Waals surface area (Å²) in [5, 5.41) is 6.82. The summed E-state index contributed by atoms with van der Waals surface area (Å²) in [5.41, 5.74) is 3.75. The van der Waals surface area contributed by atoms with Crippen LogP contribution in [-0.2, 0) is 27.4 Å². The maximum Gasteiger partial charge on any atom is 0.239 e. The van der Waals surface area contributed by atoms with Crippen molar-refractivity contribution in [2.24, 2.45) is 7.05 Å². The molecule has 1 aromatic heterocycles. The average Bonchev–Trinajstić information content (AvgIpc) is 2.71. The van der Waals surface area contributed by atoms with Crippen molar-refractivity contribution in [3.8, 4) is 0 Å². The minimum atomic E-state index is -3.55. The molecule has 23 heavy (non-hydrogen) atoms. The van der Waals surface area contributed by atoms with Crippen LogP contribution in [0.4, 0.5) is 5.69 Å². The van der Waals surface area contributed by atoms with Crippen molar-refractivity contribution in [3.05, 3.63) is 46.8 Å². The smallest absolute Gasteiger partial charge is 0.239 e. The monoisotopic (exact) mass is 335 g/mol. The molecule has 2 rings (SSSR count). The quantitative estimate of drug-likeness (QED) is 0.905. The zero-order valence-electron chi connectivity index (χ0n) is 13.8. The fourth-order valence-electron chi connectivity index (χ4n) is 2.47. The summed E-state index contributed by atoms with van der Waals surface area (Å²) < 4.78 is 26.0. The molecule has 1 N–H and O–H groups in total. The summed E-state index contributed by atoms with van der Waals surface area (Å²) in [5.74, 6) is -1.26. The van der Waals surface area contributed by atoms with E-state index in [4.69, 9.17) is 0 Å². The minimum Gasteiger partial charge on any atom is -0.325 e. The Morgan fingerprint density at radius 1 is 1.22 bits per heavy atom. The first-order valence-electron chi connectivity index (χ1n) is 7.23. The highest BCUT2D eigenvalue weighted by Crippen LogP contribution is 2.19. The molecule has 0 aliphatic carbocycles. The summed E-state index contributed by atoms with van der Waals surface area (Å²) in [6, 6.07) is 5.63. The third-order valence-electron chi connectivity index (χ3n) is 3.59. The number of amides is 1. The molecule has 7 heteroatoms. The van der Waals surface area contributed by atoms with Crippen LogP contribution in [0.25, 0.3) is 0 Å². The average molecular weight is 335 g/mol. The van der Waals surface area contributed by atoms with Gasteiger partial charge in [0.25, 0.3) is 0 Å². The van der Waals surface area contributed by atoms with Crippen LogP contribution < -0.4 is 5.32 Å². The molecule has 0 saturated carbocycles. The molecule has 0 atom stereocenters. The van der Waals surface area contributed by atoms with Gasteiger partial charge in [-0.2, -0.15) is 5.10 Å². The van der Waals surface area contributed by atoms with Gasteiger partial charge < -0.3 is 5.32 Å². The van der Waals surface area contributed by atoms with Gasteiger partial charge >= 0.3 is 0 Å². The van der Waals surface area contributed by atoms with Crippen LogP contribution in [0.15, 0.2) is 24.4 Å². The first-order valence-corrected chi connectivity index (χ1v) is 9.05. The molecular formula is C16H21N3O3S. The van der Waals surface area contributed by atoms with Crippen LogP contribution >= 0.6 is 0 Å². The van der Waals surface area contributed by atoms with E-state index >= 15 is 0 Å². The lowest BCUT2D eigenvalue weighted by Gasteiger charge is -2.11. The van der Waals surface area contributed by atoms with E-state index in [0.29, 0.717) is 16.9 Å². The Morgan fingerprint density at radius 3 is 2.35 bits per heavy atom. The Balaban J connectivity index is 2.08. The summed E-state index contributed by atoms with van der Waals surface area (Å²) >= 11 is 0. The number of rotatable bonds is 5. The Morgan fingerprint density at radius 2 is 1.83 bits per heavy atom. The van der Waals surface area contributed by atoms with E-state index in [-0.39, 0.29) is 5.75 Å². The van der Waals surface area contributed by atoms with Gasteiger partial charge in [0.1, 0.15) is 5.75 Å². The van der Waals surface area contributed by atoms with Crippen molar-refractivity contribution >= 4 is 21.4 Å². The lowest BCUT2D eigenvalue weighted by atomic mass is 10.1. The molecule has 0 saturated heterocycles. The lowest BCUT2D eigenvalue weighted by Crippen LogP contribution is -2.24. The van der Waals surface area contributed by atoms with Gasteiger partial charge in [-0.15, -0.1) is 0 Å². The Kier molecular flexibility index (Phi) is 4.89. The van der Waals surface area contributed by atoms with E-state index in [1.165, 1.54) is 0 Å². The molecule has 0 fully saturated rings. The second-order valence-corrected chi connectivity index (χ2v) is 7.83. The number of carbonyl (C=O) groups is 1. The fraction of sp³-hybridized carbons (Fsp3) is 0.375. The zero-order chi connectivity index (χ0) is 17.2. The molecule has 0 spiro atoms. The summed E-state index contributed by atoms with van der Waals surface area (Å²) in [4.78, 5) is 12.1. The predicted molar refractivity (Wildman–Crippen MR) is 90.0 cm³/mol. The van der Waals surface area contributed by atoms with Crippen LogP contribution in [0.5, 0.6) is 0 Å². The van der Waals surface area contributed by atoms with Gasteiger partial charge in [0.2, 0.25) is 5.91 Å². The van der Waals surface area contributed by atoms with Crippen LogP contribution in [0.3, 0.4) is 0 Å². The number of nitrogens with one attached hydrogen (secondary N) is 1. The van der Waals surface area contributed by atoms with Gasteiger partial charge in [-0.05, 0) is 31.9 Å². The van der Waals surface area contributed by atoms with Gasteiger partial charge in [-0.1, -0.05) is 18.2 Å². The van der Waals surface area contributed by atoms with Gasteiger partial charge in [-0.3, -0.25) is 9.48 Å². The standard InChI is InChI=1S/C16H21N3O3S/c1-11-6-5-7-12(2)16(11)17-15(20)10-23(21,22)9-14-8-19(4)18-13(14)3/h5-8H,9-10H2,1-4H3,(H,17,20). The molecule has 2 aromatic rings. The van der Waals surface area contributed by atoms with Crippen LogP contribution in [0.2, 0.25) is 0 Å². The second-order valence-electron chi connectivity index (χ2n) is 5.76. The minimum absolute atomic E-state index is 0.188. The van der Waals surface area contributed by atoms with E-state index < -0.39 is 21.5 Å². The number of anilines is 1. The van der Waals surface area contributed by atoms with Crippen molar-refractivity contribution < 1.29 is 13.2 Å². The van der Waals surface area contributed by atoms with Gasteiger partial charge in [-0.25, -0.2) is 8.42 Å². The maximum absolute atomic E-state index is 12.2. The number of para-hydroxylation sites is 1. The van der Waals surface area contributed by atoms with Crippen LogP contribution in [0, 0.1) is 20.8 Å². The molecule has 0 aliphatic heterocycles. The summed E-state index contributed by atoms with van der Waals surface area (Å²) in [7, 11) is -1.82. The number of aromatic nitrogens is 2.